The van der Waals surface area contributed by atoms with Gasteiger partial charge >= 0.3 is 5.97 Å². The Balaban J connectivity index is 0.00000484. The maximum absolute atomic E-state index is 11.7. The number of benzene rings is 1. The van der Waals surface area contributed by atoms with Gasteiger partial charge in [-0.15, -0.1) is 24.0 Å². The SMILES string of the molecule is CCNC(=NCC(=O)OC(C)(C)C)NC(C)c1ccccc1.I. The molecule has 0 aliphatic rings. The van der Waals surface area contributed by atoms with Crippen LogP contribution in [0.2, 0.25) is 0 Å². The van der Waals surface area contributed by atoms with Crippen molar-refractivity contribution in [1.82, 2.24) is 10.6 Å². The van der Waals surface area contributed by atoms with Gasteiger partial charge in [0, 0.05) is 6.54 Å². The Labute approximate surface area is 156 Å². The zero-order valence-corrected chi connectivity index (χ0v) is 16.9. The number of hydrogen-bond acceptors (Lipinski definition) is 3. The molecule has 0 heterocycles. The van der Waals surface area contributed by atoms with Crippen molar-refractivity contribution in [3.8, 4) is 0 Å². The minimum Gasteiger partial charge on any atom is -0.459 e. The molecule has 0 fully saturated rings. The minimum atomic E-state index is -0.490. The highest BCUT2D eigenvalue weighted by Crippen LogP contribution is 2.11. The topological polar surface area (TPSA) is 62.7 Å². The van der Waals surface area contributed by atoms with Gasteiger partial charge in [0.05, 0.1) is 6.04 Å². The highest BCUT2D eigenvalue weighted by Gasteiger charge is 2.16. The lowest BCUT2D eigenvalue weighted by atomic mass is 10.1. The molecule has 0 aliphatic carbocycles. The van der Waals surface area contributed by atoms with E-state index in [4.69, 9.17) is 4.74 Å². The molecule has 0 amide bonds. The number of ether oxygens (including phenoxy) is 1. The molecule has 1 atom stereocenters. The van der Waals surface area contributed by atoms with Crippen molar-refractivity contribution in [3.63, 3.8) is 0 Å². The molecule has 5 nitrogen and oxygen atoms in total. The third-order valence-electron chi connectivity index (χ3n) is 2.78. The lowest BCUT2D eigenvalue weighted by Crippen LogP contribution is -2.39. The van der Waals surface area contributed by atoms with E-state index in [9.17, 15) is 4.79 Å². The molecule has 1 rings (SSSR count). The molecule has 2 N–H and O–H groups in total. The molecule has 0 bridgehead atoms. The van der Waals surface area contributed by atoms with Crippen LogP contribution in [0.4, 0.5) is 0 Å². The van der Waals surface area contributed by atoms with Crippen LogP contribution >= 0.6 is 24.0 Å². The number of carbonyl (C=O) groups excluding carboxylic acids is 1. The first-order valence-corrected chi connectivity index (χ1v) is 7.63. The maximum atomic E-state index is 11.7. The minimum absolute atomic E-state index is 0. The molecule has 1 aromatic carbocycles. The zero-order valence-electron chi connectivity index (χ0n) is 14.6. The van der Waals surface area contributed by atoms with Crippen LogP contribution in [0.3, 0.4) is 0 Å². The second kappa shape index (κ2) is 10.5. The fourth-order valence-electron chi connectivity index (χ4n) is 1.87. The molecule has 0 saturated carbocycles. The maximum Gasteiger partial charge on any atom is 0.328 e. The highest BCUT2D eigenvalue weighted by molar-refractivity contribution is 14.0. The van der Waals surface area contributed by atoms with Crippen LogP contribution in [0.5, 0.6) is 0 Å². The van der Waals surface area contributed by atoms with Gasteiger partial charge in [-0.05, 0) is 40.2 Å². The Morgan fingerprint density at radius 3 is 2.39 bits per heavy atom. The van der Waals surface area contributed by atoms with E-state index >= 15 is 0 Å². The van der Waals surface area contributed by atoms with Gasteiger partial charge in [0.2, 0.25) is 0 Å². The lowest BCUT2D eigenvalue weighted by Gasteiger charge is -2.20. The molecule has 0 saturated heterocycles. The second-order valence-electron chi connectivity index (χ2n) is 6.06. The Bertz CT molecular complexity index is 498. The molecule has 0 radical (unpaired) electrons. The van der Waals surface area contributed by atoms with Gasteiger partial charge in [-0.3, -0.25) is 4.79 Å². The number of halogens is 1. The van der Waals surface area contributed by atoms with Crippen LogP contribution in [0.1, 0.15) is 46.2 Å². The van der Waals surface area contributed by atoms with E-state index < -0.39 is 5.60 Å². The number of nitrogens with one attached hydrogen (secondary N) is 2. The van der Waals surface area contributed by atoms with Crippen molar-refractivity contribution < 1.29 is 9.53 Å². The van der Waals surface area contributed by atoms with E-state index in [1.54, 1.807) is 0 Å². The third kappa shape index (κ3) is 9.43. The molecule has 130 valence electrons. The first-order valence-electron chi connectivity index (χ1n) is 7.63. The average molecular weight is 433 g/mol. The van der Waals surface area contributed by atoms with Gasteiger partial charge in [-0.1, -0.05) is 30.3 Å². The fraction of sp³-hybridized carbons (Fsp3) is 0.529. The van der Waals surface area contributed by atoms with Crippen LogP contribution in [-0.4, -0.2) is 30.6 Å². The molecular formula is C17H28IN3O2. The van der Waals surface area contributed by atoms with E-state index in [1.807, 2.05) is 45.9 Å². The van der Waals surface area contributed by atoms with Crippen LogP contribution in [0.25, 0.3) is 0 Å². The van der Waals surface area contributed by atoms with Gasteiger partial charge in [0.15, 0.2) is 5.96 Å². The molecule has 6 heteroatoms. The largest absolute Gasteiger partial charge is 0.459 e. The Morgan fingerprint density at radius 1 is 1.26 bits per heavy atom. The average Bonchev–Trinajstić information content (AvgIpc) is 2.44. The Hall–Kier alpha value is -1.31. The second-order valence-corrected chi connectivity index (χ2v) is 6.06. The van der Waals surface area contributed by atoms with Crippen molar-refractivity contribution >= 4 is 35.9 Å². The predicted molar refractivity (Wildman–Crippen MR) is 105 cm³/mol. The van der Waals surface area contributed by atoms with Crippen molar-refractivity contribution in [2.75, 3.05) is 13.1 Å². The summed E-state index contributed by atoms with van der Waals surface area (Å²) < 4.78 is 5.25. The van der Waals surface area contributed by atoms with Crippen LogP contribution < -0.4 is 10.6 Å². The van der Waals surface area contributed by atoms with Gasteiger partial charge in [-0.2, -0.15) is 0 Å². The normalized spacial score (nSPS) is 12.8. The van der Waals surface area contributed by atoms with Gasteiger partial charge in [0.1, 0.15) is 12.1 Å². The summed E-state index contributed by atoms with van der Waals surface area (Å²) in [6.07, 6.45) is 0. The summed E-state index contributed by atoms with van der Waals surface area (Å²) in [5.41, 5.74) is 0.667. The number of rotatable bonds is 5. The standard InChI is InChI=1S/C17H27N3O2.HI/c1-6-18-16(19-12-15(21)22-17(3,4)5)20-13(2)14-10-8-7-9-11-14;/h7-11,13H,6,12H2,1-5H3,(H2,18,19,20);1H. The monoisotopic (exact) mass is 433 g/mol. The van der Waals surface area contributed by atoms with Gasteiger partial charge < -0.3 is 15.4 Å². The number of nitrogens with zero attached hydrogens (tertiary/aromatic N) is 1. The van der Waals surface area contributed by atoms with E-state index in [0.717, 1.165) is 12.1 Å². The van der Waals surface area contributed by atoms with Crippen molar-refractivity contribution in [3.05, 3.63) is 35.9 Å². The molecule has 0 aromatic heterocycles. The Kier molecular flexibility index (Phi) is 9.87. The highest BCUT2D eigenvalue weighted by atomic mass is 127. The molecule has 0 spiro atoms. The summed E-state index contributed by atoms with van der Waals surface area (Å²) in [7, 11) is 0. The van der Waals surface area contributed by atoms with Gasteiger partial charge in [0.25, 0.3) is 0 Å². The molecule has 0 aliphatic heterocycles. The first kappa shape index (κ1) is 21.7. The number of hydrogen-bond donors (Lipinski definition) is 2. The van der Waals surface area contributed by atoms with Crippen LogP contribution in [-0.2, 0) is 9.53 Å². The first-order chi connectivity index (χ1) is 10.3. The van der Waals surface area contributed by atoms with E-state index in [0.29, 0.717) is 5.96 Å². The van der Waals surface area contributed by atoms with Crippen molar-refractivity contribution in [2.45, 2.75) is 46.3 Å². The summed E-state index contributed by atoms with van der Waals surface area (Å²) in [5, 5.41) is 6.42. The third-order valence-corrected chi connectivity index (χ3v) is 2.78. The number of carbonyl (C=O) groups is 1. The molecular weight excluding hydrogens is 405 g/mol. The number of guanidine groups is 1. The van der Waals surface area contributed by atoms with Gasteiger partial charge in [-0.25, -0.2) is 4.99 Å². The van der Waals surface area contributed by atoms with E-state index in [-0.39, 0.29) is 42.5 Å². The van der Waals surface area contributed by atoms with E-state index in [1.165, 1.54) is 0 Å². The summed E-state index contributed by atoms with van der Waals surface area (Å²) in [6.45, 7) is 10.3. The fourth-order valence-corrected chi connectivity index (χ4v) is 1.87. The van der Waals surface area contributed by atoms with Crippen molar-refractivity contribution in [2.24, 2.45) is 4.99 Å². The summed E-state index contributed by atoms with van der Waals surface area (Å²) in [6, 6.07) is 10.2. The number of esters is 1. The summed E-state index contributed by atoms with van der Waals surface area (Å²) >= 11 is 0. The Morgan fingerprint density at radius 2 is 1.87 bits per heavy atom. The van der Waals surface area contributed by atoms with Crippen LogP contribution in [0, 0.1) is 0 Å². The zero-order chi connectivity index (χ0) is 16.6. The van der Waals surface area contributed by atoms with E-state index in [2.05, 4.69) is 34.7 Å². The molecule has 23 heavy (non-hydrogen) atoms. The quantitative estimate of drug-likeness (QED) is 0.324. The lowest BCUT2D eigenvalue weighted by molar-refractivity contribution is -0.152. The summed E-state index contributed by atoms with van der Waals surface area (Å²) in [5.74, 6) is 0.266. The van der Waals surface area contributed by atoms with Crippen molar-refractivity contribution in [1.29, 1.82) is 0 Å². The molecule has 1 unspecified atom stereocenters. The number of aliphatic imine (C=N–C) groups is 1. The molecule has 1 aromatic rings. The smallest absolute Gasteiger partial charge is 0.328 e. The van der Waals surface area contributed by atoms with Crippen LogP contribution in [0.15, 0.2) is 35.3 Å². The predicted octanol–water partition coefficient (Wildman–Crippen LogP) is 3.26. The summed E-state index contributed by atoms with van der Waals surface area (Å²) in [4.78, 5) is 16.0.